The fourth-order valence-electron chi connectivity index (χ4n) is 2.43. The second kappa shape index (κ2) is 6.41. The third-order valence-electron chi connectivity index (χ3n) is 3.64. The van der Waals surface area contributed by atoms with E-state index in [1.807, 2.05) is 30.5 Å². The van der Waals surface area contributed by atoms with E-state index in [0.29, 0.717) is 17.0 Å². The van der Waals surface area contributed by atoms with Gasteiger partial charge in [-0.25, -0.2) is 0 Å². The van der Waals surface area contributed by atoms with Gasteiger partial charge in [-0.15, -0.1) is 0 Å². The number of ether oxygens (including phenoxy) is 1. The third kappa shape index (κ3) is 3.22. The van der Waals surface area contributed by atoms with Crippen molar-refractivity contribution < 1.29 is 4.74 Å². The summed E-state index contributed by atoms with van der Waals surface area (Å²) in [5.41, 5.74) is 8.05. The number of hydrogen-bond donors (Lipinski definition) is 3. The zero-order valence-corrected chi connectivity index (χ0v) is 13.5. The highest BCUT2D eigenvalue weighted by Crippen LogP contribution is 2.24. The maximum atomic E-state index is 8.84. The molecular formula is C18H13N7O. The fourth-order valence-corrected chi connectivity index (χ4v) is 2.43. The van der Waals surface area contributed by atoms with Crippen molar-refractivity contribution in [2.24, 2.45) is 0 Å². The van der Waals surface area contributed by atoms with Gasteiger partial charge in [-0.05, 0) is 48.5 Å². The molecule has 0 radical (unpaired) electrons. The minimum absolute atomic E-state index is 0.0360. The van der Waals surface area contributed by atoms with E-state index in [4.69, 9.17) is 15.7 Å². The van der Waals surface area contributed by atoms with Crippen molar-refractivity contribution in [1.29, 1.82) is 5.26 Å². The first-order valence-corrected chi connectivity index (χ1v) is 7.73. The van der Waals surface area contributed by atoms with Crippen LogP contribution in [0.5, 0.6) is 11.8 Å². The summed E-state index contributed by atoms with van der Waals surface area (Å²) in [4.78, 5) is 15.4. The van der Waals surface area contributed by atoms with E-state index in [1.54, 1.807) is 24.3 Å². The predicted molar refractivity (Wildman–Crippen MR) is 97.1 cm³/mol. The number of fused-ring (bicyclic) bond motifs is 1. The summed E-state index contributed by atoms with van der Waals surface area (Å²) in [5, 5.41) is 12.9. The lowest BCUT2D eigenvalue weighted by molar-refractivity contribution is 0.442. The van der Waals surface area contributed by atoms with E-state index >= 15 is 0 Å². The van der Waals surface area contributed by atoms with Crippen molar-refractivity contribution in [3.63, 3.8) is 0 Å². The van der Waals surface area contributed by atoms with Crippen LogP contribution in [0.25, 0.3) is 10.9 Å². The van der Waals surface area contributed by atoms with Crippen LogP contribution in [0.15, 0.2) is 54.7 Å². The van der Waals surface area contributed by atoms with Crippen LogP contribution in [0, 0.1) is 11.3 Å². The molecule has 126 valence electrons. The topological polar surface area (TPSA) is 126 Å². The summed E-state index contributed by atoms with van der Waals surface area (Å²) in [5.74, 6) is 0.876. The molecule has 4 N–H and O–H groups in total. The van der Waals surface area contributed by atoms with Gasteiger partial charge in [0.2, 0.25) is 11.9 Å². The molecule has 2 aromatic heterocycles. The van der Waals surface area contributed by atoms with Crippen molar-refractivity contribution in [2.45, 2.75) is 0 Å². The van der Waals surface area contributed by atoms with Gasteiger partial charge in [0.1, 0.15) is 5.75 Å². The molecule has 8 nitrogen and oxygen atoms in total. The Balaban J connectivity index is 1.57. The number of aromatic nitrogens is 4. The Hall–Kier alpha value is -4.12. The first kappa shape index (κ1) is 15.4. The molecule has 2 aromatic carbocycles. The molecule has 4 rings (SSSR count). The molecule has 2 heterocycles. The fraction of sp³-hybridized carbons (Fsp3) is 0. The molecule has 0 saturated heterocycles. The number of nitrogens with one attached hydrogen (secondary N) is 2. The Bertz CT molecular complexity index is 1110. The number of hydrogen-bond acceptors (Lipinski definition) is 7. The average molecular weight is 343 g/mol. The lowest BCUT2D eigenvalue weighted by atomic mass is 10.2. The van der Waals surface area contributed by atoms with E-state index in [-0.39, 0.29) is 17.9 Å². The highest BCUT2D eigenvalue weighted by Gasteiger charge is 2.08. The van der Waals surface area contributed by atoms with Gasteiger partial charge in [0.25, 0.3) is 0 Å². The Labute approximate surface area is 148 Å². The second-order valence-corrected chi connectivity index (χ2v) is 5.44. The van der Waals surface area contributed by atoms with Crippen molar-refractivity contribution in [1.82, 2.24) is 19.9 Å². The number of rotatable bonds is 4. The van der Waals surface area contributed by atoms with E-state index in [0.717, 1.165) is 10.9 Å². The Morgan fingerprint density at radius 1 is 1.04 bits per heavy atom. The SMILES string of the molecule is N#Cc1ccc(Nc2nc(N)nc(Oc3ccc4[nH]ccc4c3)n2)cc1. The van der Waals surface area contributed by atoms with Gasteiger partial charge in [0.05, 0.1) is 11.6 Å². The maximum Gasteiger partial charge on any atom is 0.328 e. The lowest BCUT2D eigenvalue weighted by Crippen LogP contribution is -2.05. The van der Waals surface area contributed by atoms with Crippen LogP contribution < -0.4 is 15.8 Å². The maximum absolute atomic E-state index is 8.84. The number of benzene rings is 2. The minimum atomic E-state index is 0.0360. The zero-order chi connectivity index (χ0) is 17.9. The van der Waals surface area contributed by atoms with Crippen LogP contribution in [-0.4, -0.2) is 19.9 Å². The molecule has 8 heteroatoms. The minimum Gasteiger partial charge on any atom is -0.424 e. The van der Waals surface area contributed by atoms with Crippen LogP contribution in [-0.2, 0) is 0 Å². The molecule has 0 amide bonds. The van der Waals surface area contributed by atoms with Crippen LogP contribution in [0.4, 0.5) is 17.6 Å². The third-order valence-corrected chi connectivity index (χ3v) is 3.64. The van der Waals surface area contributed by atoms with Gasteiger partial charge >= 0.3 is 6.01 Å². The van der Waals surface area contributed by atoms with Gasteiger partial charge < -0.3 is 20.8 Å². The lowest BCUT2D eigenvalue weighted by Gasteiger charge is -2.08. The molecule has 26 heavy (non-hydrogen) atoms. The standard InChI is InChI=1S/C18H13N7O/c19-10-11-1-3-13(4-2-11)22-17-23-16(20)24-18(25-17)26-14-5-6-15-12(9-14)7-8-21-15/h1-9,21H,(H3,20,22,23,24,25). The van der Waals surface area contributed by atoms with Gasteiger partial charge in [0.15, 0.2) is 0 Å². The van der Waals surface area contributed by atoms with E-state index in [1.165, 1.54) is 0 Å². The first-order chi connectivity index (χ1) is 12.7. The quantitative estimate of drug-likeness (QED) is 0.519. The number of nitrogen functional groups attached to an aromatic ring is 1. The molecule has 0 bridgehead atoms. The number of nitrogens with two attached hydrogens (primary N) is 1. The number of aromatic amines is 1. The van der Waals surface area contributed by atoms with Gasteiger partial charge in [-0.2, -0.15) is 20.2 Å². The van der Waals surface area contributed by atoms with Crippen LogP contribution in [0.3, 0.4) is 0 Å². The van der Waals surface area contributed by atoms with Crippen LogP contribution in [0.2, 0.25) is 0 Å². The summed E-state index contributed by atoms with van der Waals surface area (Å²) in [6.07, 6.45) is 1.86. The van der Waals surface area contributed by atoms with Gasteiger partial charge in [0, 0.05) is 22.8 Å². The molecule has 0 saturated carbocycles. The van der Waals surface area contributed by atoms with Crippen molar-refractivity contribution in [2.75, 3.05) is 11.1 Å². The zero-order valence-electron chi connectivity index (χ0n) is 13.5. The summed E-state index contributed by atoms with van der Waals surface area (Å²) in [7, 11) is 0. The summed E-state index contributed by atoms with van der Waals surface area (Å²) < 4.78 is 5.71. The number of nitriles is 1. The first-order valence-electron chi connectivity index (χ1n) is 7.73. The summed E-state index contributed by atoms with van der Waals surface area (Å²) in [6.45, 7) is 0. The summed E-state index contributed by atoms with van der Waals surface area (Å²) in [6, 6.07) is 16.6. The molecule has 0 fully saturated rings. The molecule has 0 spiro atoms. The smallest absolute Gasteiger partial charge is 0.328 e. The monoisotopic (exact) mass is 343 g/mol. The van der Waals surface area contributed by atoms with Crippen molar-refractivity contribution in [3.05, 3.63) is 60.3 Å². The Morgan fingerprint density at radius 3 is 2.69 bits per heavy atom. The Kier molecular flexibility index (Phi) is 3.80. The number of anilines is 3. The van der Waals surface area contributed by atoms with E-state index in [2.05, 4.69) is 31.3 Å². The summed E-state index contributed by atoms with van der Waals surface area (Å²) >= 11 is 0. The van der Waals surface area contributed by atoms with Crippen LogP contribution in [0.1, 0.15) is 5.56 Å². The molecule has 4 aromatic rings. The van der Waals surface area contributed by atoms with E-state index in [9.17, 15) is 0 Å². The molecule has 0 atom stereocenters. The largest absolute Gasteiger partial charge is 0.424 e. The van der Waals surface area contributed by atoms with Crippen molar-refractivity contribution >= 4 is 28.5 Å². The number of H-pyrrole nitrogens is 1. The van der Waals surface area contributed by atoms with Gasteiger partial charge in [-0.1, -0.05) is 0 Å². The molecule has 0 aliphatic carbocycles. The average Bonchev–Trinajstić information content (AvgIpc) is 3.09. The van der Waals surface area contributed by atoms with Gasteiger partial charge in [-0.3, -0.25) is 0 Å². The van der Waals surface area contributed by atoms with Crippen molar-refractivity contribution in [3.8, 4) is 17.8 Å². The highest BCUT2D eigenvalue weighted by atomic mass is 16.5. The van der Waals surface area contributed by atoms with E-state index < -0.39 is 0 Å². The number of nitrogens with zero attached hydrogens (tertiary/aromatic N) is 4. The Morgan fingerprint density at radius 2 is 1.88 bits per heavy atom. The second-order valence-electron chi connectivity index (χ2n) is 5.44. The normalized spacial score (nSPS) is 10.4. The molecular weight excluding hydrogens is 330 g/mol. The molecule has 0 aliphatic heterocycles. The highest BCUT2D eigenvalue weighted by molar-refractivity contribution is 5.80. The molecule has 0 aliphatic rings. The predicted octanol–water partition coefficient (Wildman–Crippen LogP) is 3.34. The molecule has 0 unspecified atom stereocenters. The van der Waals surface area contributed by atoms with Crippen LogP contribution >= 0.6 is 0 Å².